The van der Waals surface area contributed by atoms with Crippen LogP contribution in [0, 0.1) is 0 Å². The Kier molecular flexibility index (Phi) is 6.00. The smallest absolute Gasteiger partial charge is 0.376 e. The minimum Gasteiger partial charge on any atom is -0.376 e. The van der Waals surface area contributed by atoms with Gasteiger partial charge in [0.25, 0.3) is 0 Å². The Balaban J connectivity index is 1.61. The molecule has 1 aliphatic heterocycles. The van der Waals surface area contributed by atoms with Gasteiger partial charge in [0, 0.05) is 12.3 Å². The Labute approximate surface area is 157 Å². The molecule has 11 heteroatoms. The van der Waals surface area contributed by atoms with Gasteiger partial charge in [-0.2, -0.15) is 13.2 Å². The number of amides is 1. The third-order valence-electron chi connectivity index (χ3n) is 4.01. The van der Waals surface area contributed by atoms with Crippen molar-refractivity contribution in [3.05, 3.63) is 29.8 Å². The van der Waals surface area contributed by atoms with Crippen LogP contribution in [0.1, 0.15) is 25.3 Å². The number of carbonyl (C=O) groups excluding carboxylic acids is 1. The molecule has 0 bridgehead atoms. The summed E-state index contributed by atoms with van der Waals surface area (Å²) in [5.74, 6) is -0.439. The molecule has 0 spiro atoms. The van der Waals surface area contributed by atoms with Gasteiger partial charge >= 0.3 is 6.18 Å². The van der Waals surface area contributed by atoms with Gasteiger partial charge in [-0.1, -0.05) is 17.8 Å². The van der Waals surface area contributed by atoms with Crippen molar-refractivity contribution in [1.82, 2.24) is 20.2 Å². The molecule has 1 amide bonds. The van der Waals surface area contributed by atoms with E-state index in [1.165, 1.54) is 12.1 Å². The summed E-state index contributed by atoms with van der Waals surface area (Å²) in [6, 6.07) is 4.51. The largest absolute Gasteiger partial charge is 0.416 e. The van der Waals surface area contributed by atoms with E-state index in [2.05, 4.69) is 20.8 Å². The maximum atomic E-state index is 12.8. The second-order valence-electron chi connectivity index (χ2n) is 6.11. The number of alkyl halides is 3. The fraction of sp³-hybridized carbons (Fsp3) is 0.500. The van der Waals surface area contributed by atoms with Crippen LogP contribution < -0.4 is 5.32 Å². The van der Waals surface area contributed by atoms with E-state index in [-0.39, 0.29) is 11.8 Å². The Hall–Kier alpha value is -2.14. The number of thioether (sulfide) groups is 1. The predicted octanol–water partition coefficient (Wildman–Crippen LogP) is 2.99. The molecule has 146 valence electrons. The summed E-state index contributed by atoms with van der Waals surface area (Å²) in [5, 5.41) is 13.8. The van der Waals surface area contributed by atoms with Gasteiger partial charge in [-0.15, -0.1) is 5.10 Å². The number of hydrogen-bond donors (Lipinski definition) is 1. The summed E-state index contributed by atoms with van der Waals surface area (Å²) in [4.78, 5) is 12.3. The average molecular weight is 401 g/mol. The topological polar surface area (TPSA) is 81.9 Å². The second-order valence-corrected chi connectivity index (χ2v) is 7.41. The van der Waals surface area contributed by atoms with Gasteiger partial charge in [0.1, 0.15) is 0 Å². The predicted molar refractivity (Wildman–Crippen MR) is 92.2 cm³/mol. The highest BCUT2D eigenvalue weighted by molar-refractivity contribution is 8.00. The maximum absolute atomic E-state index is 12.8. The van der Waals surface area contributed by atoms with E-state index in [0.29, 0.717) is 18.3 Å². The highest BCUT2D eigenvalue weighted by Crippen LogP contribution is 2.31. The van der Waals surface area contributed by atoms with Gasteiger partial charge < -0.3 is 10.1 Å². The summed E-state index contributed by atoms with van der Waals surface area (Å²) in [7, 11) is 0. The Morgan fingerprint density at radius 3 is 3.00 bits per heavy atom. The van der Waals surface area contributed by atoms with Gasteiger partial charge in [0.15, 0.2) is 0 Å². The monoisotopic (exact) mass is 401 g/mol. The van der Waals surface area contributed by atoms with Gasteiger partial charge in [-0.05, 0) is 48.4 Å². The van der Waals surface area contributed by atoms with Crippen molar-refractivity contribution in [1.29, 1.82) is 0 Å². The zero-order valence-electron chi connectivity index (χ0n) is 14.4. The molecule has 1 aromatic heterocycles. The lowest BCUT2D eigenvalue weighted by molar-refractivity contribution is -0.137. The van der Waals surface area contributed by atoms with Crippen LogP contribution in [0.4, 0.5) is 18.9 Å². The molecule has 0 radical (unpaired) electrons. The summed E-state index contributed by atoms with van der Waals surface area (Å²) in [6.45, 7) is 2.85. The van der Waals surface area contributed by atoms with Crippen LogP contribution >= 0.6 is 11.8 Å². The van der Waals surface area contributed by atoms with Crippen LogP contribution in [0.25, 0.3) is 0 Å². The molecule has 2 heterocycles. The number of halogens is 3. The molecule has 27 heavy (non-hydrogen) atoms. The van der Waals surface area contributed by atoms with Crippen LogP contribution in [0.3, 0.4) is 0 Å². The average Bonchev–Trinajstić information content (AvgIpc) is 3.27. The minimum absolute atomic E-state index is 0.0436. The van der Waals surface area contributed by atoms with Crippen LogP contribution in [0.5, 0.6) is 0 Å². The number of aromatic nitrogens is 4. The van der Waals surface area contributed by atoms with Crippen molar-refractivity contribution >= 4 is 23.4 Å². The number of carbonyl (C=O) groups is 1. The number of benzene rings is 1. The summed E-state index contributed by atoms with van der Waals surface area (Å²) < 4.78 is 45.5. The Morgan fingerprint density at radius 1 is 1.48 bits per heavy atom. The minimum atomic E-state index is -4.47. The van der Waals surface area contributed by atoms with E-state index >= 15 is 0 Å². The van der Waals surface area contributed by atoms with Gasteiger partial charge in [0.2, 0.25) is 11.1 Å². The Bertz CT molecular complexity index is 792. The molecule has 1 N–H and O–H groups in total. The number of tetrazole rings is 1. The van der Waals surface area contributed by atoms with Gasteiger partial charge in [-0.25, -0.2) is 4.68 Å². The lowest BCUT2D eigenvalue weighted by Crippen LogP contribution is -2.24. The number of nitrogens with zero attached hydrogens (tertiary/aromatic N) is 4. The maximum Gasteiger partial charge on any atom is 0.416 e. The SMILES string of the molecule is C[C@H](Sc1nnnn1C[C@H]1CCCO1)C(=O)Nc1cccc(C(F)(F)F)c1. The first-order valence-electron chi connectivity index (χ1n) is 8.35. The lowest BCUT2D eigenvalue weighted by Gasteiger charge is -2.14. The third kappa shape index (κ3) is 5.19. The molecular formula is C16H18F3N5O2S. The molecule has 0 aliphatic carbocycles. The molecule has 3 rings (SSSR count). The highest BCUT2D eigenvalue weighted by Gasteiger charge is 2.30. The van der Waals surface area contributed by atoms with Crippen LogP contribution in [0.15, 0.2) is 29.4 Å². The lowest BCUT2D eigenvalue weighted by atomic mass is 10.2. The zero-order chi connectivity index (χ0) is 19.4. The van der Waals surface area contributed by atoms with Crippen molar-refractivity contribution in [2.75, 3.05) is 11.9 Å². The fourth-order valence-electron chi connectivity index (χ4n) is 2.61. The summed E-state index contributed by atoms with van der Waals surface area (Å²) in [5.41, 5.74) is -0.734. The molecule has 1 saturated heterocycles. The molecule has 2 atom stereocenters. The van der Waals surface area contributed by atoms with E-state index in [0.717, 1.165) is 36.7 Å². The van der Waals surface area contributed by atoms with Gasteiger partial charge in [0.05, 0.1) is 23.5 Å². The van der Waals surface area contributed by atoms with Crippen molar-refractivity contribution in [2.24, 2.45) is 0 Å². The molecule has 1 aliphatic rings. The third-order valence-corrected chi connectivity index (χ3v) is 5.08. The first kappa shape index (κ1) is 19.6. The number of hydrogen-bond acceptors (Lipinski definition) is 6. The van der Waals surface area contributed by atoms with Gasteiger partial charge in [-0.3, -0.25) is 4.79 Å². The summed E-state index contributed by atoms with van der Waals surface area (Å²) >= 11 is 1.13. The van der Waals surface area contributed by atoms with Crippen LogP contribution in [-0.2, 0) is 22.3 Å². The second kappa shape index (κ2) is 8.26. The molecule has 2 aromatic rings. The van der Waals surface area contributed by atoms with Crippen molar-refractivity contribution in [3.63, 3.8) is 0 Å². The quantitative estimate of drug-likeness (QED) is 0.750. The first-order valence-corrected chi connectivity index (χ1v) is 9.23. The zero-order valence-corrected chi connectivity index (χ0v) is 15.3. The molecule has 0 unspecified atom stereocenters. The Morgan fingerprint density at radius 2 is 2.30 bits per heavy atom. The molecule has 1 aromatic carbocycles. The molecule has 0 saturated carbocycles. The van der Waals surface area contributed by atoms with E-state index in [1.807, 2.05) is 0 Å². The van der Waals surface area contributed by atoms with E-state index in [1.54, 1.807) is 11.6 Å². The summed E-state index contributed by atoms with van der Waals surface area (Å²) in [6.07, 6.45) is -2.51. The van der Waals surface area contributed by atoms with E-state index < -0.39 is 22.9 Å². The molecular weight excluding hydrogens is 383 g/mol. The van der Waals surface area contributed by atoms with Crippen LogP contribution in [-0.4, -0.2) is 44.1 Å². The van der Waals surface area contributed by atoms with E-state index in [9.17, 15) is 18.0 Å². The van der Waals surface area contributed by atoms with Crippen LogP contribution in [0.2, 0.25) is 0 Å². The van der Waals surface area contributed by atoms with Crippen molar-refractivity contribution in [3.8, 4) is 0 Å². The number of rotatable bonds is 6. The van der Waals surface area contributed by atoms with Crippen molar-refractivity contribution in [2.45, 2.75) is 49.0 Å². The standard InChI is InChI=1S/C16H18F3N5O2S/c1-10(14(25)20-12-5-2-4-11(8-12)16(17,18)19)27-15-21-22-23-24(15)9-13-6-3-7-26-13/h2,4-5,8,10,13H,3,6-7,9H2,1H3,(H,20,25)/t10-,13+/m0/s1. The van der Waals surface area contributed by atoms with E-state index in [4.69, 9.17) is 4.74 Å². The number of ether oxygens (including phenoxy) is 1. The first-order chi connectivity index (χ1) is 12.8. The number of nitrogens with one attached hydrogen (secondary N) is 1. The normalized spacial score (nSPS) is 18.4. The number of anilines is 1. The fourth-order valence-corrected chi connectivity index (χ4v) is 3.40. The molecule has 1 fully saturated rings. The highest BCUT2D eigenvalue weighted by atomic mass is 32.2. The van der Waals surface area contributed by atoms with Crippen molar-refractivity contribution < 1.29 is 22.7 Å². The molecule has 7 nitrogen and oxygen atoms in total.